The van der Waals surface area contributed by atoms with Crippen molar-refractivity contribution in [3.05, 3.63) is 35.9 Å². The van der Waals surface area contributed by atoms with Crippen LogP contribution in [0, 0.1) is 0 Å². The Morgan fingerprint density at radius 2 is 2.06 bits per heavy atom. The standard InChI is InChI=1S/C12H19NOS2/c1-15-10-12(13-8-9-16(2)14)11-6-4-3-5-7-11/h3-7,12-13H,8-10H2,1-2H3. The summed E-state index contributed by atoms with van der Waals surface area (Å²) < 4.78 is 11.0. The zero-order valence-corrected chi connectivity index (χ0v) is 11.4. The molecule has 0 aromatic heterocycles. The largest absolute Gasteiger partial charge is 0.308 e. The van der Waals surface area contributed by atoms with E-state index < -0.39 is 10.8 Å². The first-order valence-electron chi connectivity index (χ1n) is 5.31. The average molecular weight is 257 g/mol. The van der Waals surface area contributed by atoms with Gasteiger partial charge in [0.05, 0.1) is 0 Å². The summed E-state index contributed by atoms with van der Waals surface area (Å²) in [5.74, 6) is 1.76. The molecule has 0 saturated carbocycles. The molecule has 0 aliphatic heterocycles. The highest BCUT2D eigenvalue weighted by molar-refractivity contribution is 7.98. The van der Waals surface area contributed by atoms with E-state index in [0.717, 1.165) is 18.1 Å². The van der Waals surface area contributed by atoms with Crippen LogP contribution in [-0.4, -0.2) is 34.8 Å². The van der Waals surface area contributed by atoms with Gasteiger partial charge < -0.3 is 5.32 Å². The van der Waals surface area contributed by atoms with Crippen molar-refractivity contribution in [2.45, 2.75) is 6.04 Å². The molecule has 0 radical (unpaired) electrons. The number of nitrogens with one attached hydrogen (secondary N) is 1. The Labute approximate surface area is 105 Å². The molecule has 90 valence electrons. The molecule has 16 heavy (non-hydrogen) atoms. The summed E-state index contributed by atoms with van der Waals surface area (Å²) >= 11 is 1.83. The molecule has 0 fully saturated rings. The second-order valence-electron chi connectivity index (χ2n) is 3.65. The highest BCUT2D eigenvalue weighted by Gasteiger charge is 2.09. The normalized spacial score (nSPS) is 14.6. The molecule has 2 nitrogen and oxygen atoms in total. The van der Waals surface area contributed by atoms with Gasteiger partial charge in [-0.3, -0.25) is 4.21 Å². The van der Waals surface area contributed by atoms with Crippen molar-refractivity contribution in [3.8, 4) is 0 Å². The maximum absolute atomic E-state index is 11.0. The molecule has 0 bridgehead atoms. The lowest BCUT2D eigenvalue weighted by atomic mass is 10.1. The lowest BCUT2D eigenvalue weighted by Gasteiger charge is -2.17. The number of benzene rings is 1. The van der Waals surface area contributed by atoms with Crippen LogP contribution in [0.4, 0.5) is 0 Å². The van der Waals surface area contributed by atoms with E-state index in [9.17, 15) is 4.21 Å². The molecule has 2 unspecified atom stereocenters. The average Bonchev–Trinajstić information content (AvgIpc) is 2.29. The van der Waals surface area contributed by atoms with Gasteiger partial charge in [0.25, 0.3) is 0 Å². The summed E-state index contributed by atoms with van der Waals surface area (Å²) in [6.07, 6.45) is 3.85. The smallest absolute Gasteiger partial charge is 0.0412 e. The second-order valence-corrected chi connectivity index (χ2v) is 6.12. The fourth-order valence-electron chi connectivity index (χ4n) is 1.50. The maximum Gasteiger partial charge on any atom is 0.0412 e. The third-order valence-electron chi connectivity index (χ3n) is 2.32. The first-order valence-corrected chi connectivity index (χ1v) is 8.43. The van der Waals surface area contributed by atoms with Gasteiger partial charge in [0.2, 0.25) is 0 Å². The van der Waals surface area contributed by atoms with Crippen molar-refractivity contribution in [3.63, 3.8) is 0 Å². The van der Waals surface area contributed by atoms with Crippen molar-refractivity contribution in [1.29, 1.82) is 0 Å². The minimum absolute atomic E-state index is 0.361. The van der Waals surface area contributed by atoms with Gasteiger partial charge in [-0.2, -0.15) is 11.8 Å². The molecule has 0 saturated heterocycles. The predicted molar refractivity (Wildman–Crippen MR) is 74.5 cm³/mol. The van der Waals surface area contributed by atoms with E-state index in [-0.39, 0.29) is 0 Å². The SMILES string of the molecule is CSCC(NCCS(C)=O)c1ccccc1. The van der Waals surface area contributed by atoms with Gasteiger partial charge in [0.1, 0.15) is 0 Å². The highest BCUT2D eigenvalue weighted by Crippen LogP contribution is 2.16. The first kappa shape index (κ1) is 13.7. The fraction of sp³-hybridized carbons (Fsp3) is 0.500. The number of hydrogen-bond acceptors (Lipinski definition) is 3. The van der Waals surface area contributed by atoms with Crippen LogP contribution in [-0.2, 0) is 10.8 Å². The zero-order chi connectivity index (χ0) is 11.8. The van der Waals surface area contributed by atoms with Crippen LogP contribution in [0.25, 0.3) is 0 Å². The molecule has 1 rings (SSSR count). The lowest BCUT2D eigenvalue weighted by molar-refractivity contribution is 0.605. The van der Waals surface area contributed by atoms with E-state index in [1.165, 1.54) is 5.56 Å². The Bertz CT molecular complexity index is 316. The van der Waals surface area contributed by atoms with Crippen molar-refractivity contribution in [1.82, 2.24) is 5.32 Å². The summed E-state index contributed by atoms with van der Waals surface area (Å²) in [4.78, 5) is 0. The Morgan fingerprint density at radius 3 is 2.62 bits per heavy atom. The van der Waals surface area contributed by atoms with Gasteiger partial charge >= 0.3 is 0 Å². The van der Waals surface area contributed by atoms with E-state index in [1.54, 1.807) is 6.26 Å². The molecular weight excluding hydrogens is 238 g/mol. The van der Waals surface area contributed by atoms with Crippen LogP contribution >= 0.6 is 11.8 Å². The quantitative estimate of drug-likeness (QED) is 0.810. The van der Waals surface area contributed by atoms with Crippen molar-refractivity contribution in [2.24, 2.45) is 0 Å². The minimum atomic E-state index is -0.712. The van der Waals surface area contributed by atoms with E-state index >= 15 is 0 Å². The van der Waals surface area contributed by atoms with Crippen LogP contribution in [0.15, 0.2) is 30.3 Å². The molecule has 0 aliphatic carbocycles. The minimum Gasteiger partial charge on any atom is -0.308 e. The van der Waals surface area contributed by atoms with Crippen LogP contribution in [0.2, 0.25) is 0 Å². The number of rotatable bonds is 7. The molecular formula is C12H19NOS2. The molecule has 0 amide bonds. The Morgan fingerprint density at radius 1 is 1.38 bits per heavy atom. The van der Waals surface area contributed by atoms with Gasteiger partial charge in [0.15, 0.2) is 0 Å². The summed E-state index contributed by atoms with van der Waals surface area (Å²) in [6.45, 7) is 0.809. The van der Waals surface area contributed by atoms with Crippen LogP contribution < -0.4 is 5.32 Å². The van der Waals surface area contributed by atoms with Gasteiger partial charge in [-0.25, -0.2) is 0 Å². The molecule has 1 N–H and O–H groups in total. The van der Waals surface area contributed by atoms with E-state index in [2.05, 4.69) is 35.8 Å². The monoisotopic (exact) mass is 257 g/mol. The van der Waals surface area contributed by atoms with Crippen molar-refractivity contribution < 1.29 is 4.21 Å². The number of hydrogen-bond donors (Lipinski definition) is 1. The van der Waals surface area contributed by atoms with Crippen molar-refractivity contribution >= 4 is 22.6 Å². The lowest BCUT2D eigenvalue weighted by Crippen LogP contribution is -2.27. The summed E-state index contributed by atoms with van der Waals surface area (Å²) in [5.41, 5.74) is 1.30. The third kappa shape index (κ3) is 5.14. The van der Waals surface area contributed by atoms with Crippen LogP contribution in [0.1, 0.15) is 11.6 Å². The zero-order valence-electron chi connectivity index (χ0n) is 9.81. The molecule has 1 aromatic rings. The third-order valence-corrected chi connectivity index (χ3v) is 3.76. The van der Waals surface area contributed by atoms with Gasteiger partial charge in [-0.15, -0.1) is 0 Å². The van der Waals surface area contributed by atoms with E-state index in [4.69, 9.17) is 0 Å². The Balaban J connectivity index is 2.51. The van der Waals surface area contributed by atoms with E-state index in [1.807, 2.05) is 17.8 Å². The number of thioether (sulfide) groups is 1. The van der Waals surface area contributed by atoms with E-state index in [0.29, 0.717) is 6.04 Å². The Hall–Kier alpha value is -0.320. The van der Waals surface area contributed by atoms with Crippen LogP contribution in [0.5, 0.6) is 0 Å². The van der Waals surface area contributed by atoms with Crippen LogP contribution in [0.3, 0.4) is 0 Å². The molecule has 1 aromatic carbocycles. The maximum atomic E-state index is 11.0. The molecule has 2 atom stereocenters. The van der Waals surface area contributed by atoms with Gasteiger partial charge in [0, 0.05) is 41.1 Å². The summed E-state index contributed by atoms with van der Waals surface area (Å²) in [6, 6.07) is 10.8. The molecule has 0 aliphatic rings. The topological polar surface area (TPSA) is 29.1 Å². The van der Waals surface area contributed by atoms with Gasteiger partial charge in [-0.1, -0.05) is 30.3 Å². The fourth-order valence-corrected chi connectivity index (χ4v) is 2.55. The van der Waals surface area contributed by atoms with Crippen molar-refractivity contribution in [2.75, 3.05) is 30.6 Å². The predicted octanol–water partition coefficient (Wildman–Crippen LogP) is 2.06. The first-order chi connectivity index (χ1) is 7.74. The molecule has 0 heterocycles. The highest BCUT2D eigenvalue weighted by atomic mass is 32.2. The molecule has 0 spiro atoms. The molecule has 4 heteroatoms. The van der Waals surface area contributed by atoms with Gasteiger partial charge in [-0.05, 0) is 11.8 Å². The second kappa shape index (κ2) is 7.87. The Kier molecular flexibility index (Phi) is 6.76. The summed E-state index contributed by atoms with van der Waals surface area (Å²) in [7, 11) is -0.712. The summed E-state index contributed by atoms with van der Waals surface area (Å²) in [5, 5.41) is 3.45.